The summed E-state index contributed by atoms with van der Waals surface area (Å²) in [7, 11) is 0. The molecule has 76 valence electrons. The van der Waals surface area contributed by atoms with Crippen molar-refractivity contribution < 1.29 is 19.1 Å². The van der Waals surface area contributed by atoms with E-state index in [9.17, 15) is 4.79 Å². The summed E-state index contributed by atoms with van der Waals surface area (Å²) in [5, 5.41) is 17.6. The molecule has 2 N–H and O–H groups in total. The van der Waals surface area contributed by atoms with Gasteiger partial charge in [0.05, 0.1) is 6.61 Å². The van der Waals surface area contributed by atoms with Crippen molar-refractivity contribution in [2.24, 2.45) is 0 Å². The number of rotatable bonds is 3. The van der Waals surface area contributed by atoms with Gasteiger partial charge in [-0.15, -0.1) is 0 Å². The molecule has 4 heteroatoms. The molecule has 0 radical (unpaired) electrons. The molecule has 4 nitrogen and oxygen atoms in total. The fraction of sp³-hybridized carbons (Fsp3) is 0.300. The average Bonchev–Trinajstić information content (AvgIpc) is 2.24. The lowest BCUT2D eigenvalue weighted by molar-refractivity contribution is 0.153. The van der Waals surface area contributed by atoms with Crippen molar-refractivity contribution in [1.82, 2.24) is 4.90 Å². The van der Waals surface area contributed by atoms with E-state index in [2.05, 4.69) is 0 Å². The van der Waals surface area contributed by atoms with Crippen molar-refractivity contribution >= 4 is 6.09 Å². The Kier molecular flexibility index (Phi) is 2.26. The number of carboxylic acid groups (broad SMARTS) is 1. The van der Waals surface area contributed by atoms with Gasteiger partial charge in [-0.2, -0.15) is 0 Å². The Hall–Kier alpha value is -1.55. The Labute approximate surface area is 86.6 Å². The molecule has 0 atom stereocenters. The summed E-state index contributed by atoms with van der Waals surface area (Å²) in [6.07, 6.45) is -1.49. The number of benzene rings is 1. The third-order valence-corrected chi connectivity index (χ3v) is 1.78. The Balaban J connectivity index is 2.83. The van der Waals surface area contributed by atoms with Crippen LogP contribution in [0.25, 0.3) is 0 Å². The Morgan fingerprint density at radius 2 is 2.00 bits per heavy atom. The summed E-state index contributed by atoms with van der Waals surface area (Å²) in [4.78, 5) is 11.2. The van der Waals surface area contributed by atoms with E-state index in [0.717, 1.165) is 0 Å². The zero-order valence-corrected chi connectivity index (χ0v) is 7.47. The lowest BCUT2D eigenvalue weighted by Gasteiger charge is -2.12. The maximum absolute atomic E-state index is 10.8. The minimum absolute atomic E-state index is 0.109. The Morgan fingerprint density at radius 3 is 2.43 bits per heavy atom. The molecule has 1 aromatic carbocycles. The number of hydrogen-bond donors (Lipinski definition) is 2. The molecule has 0 aromatic heterocycles. The number of amides is 1. The molecular weight excluding hydrogens is 182 g/mol. The van der Waals surface area contributed by atoms with Crippen molar-refractivity contribution in [1.29, 1.82) is 0 Å². The zero-order chi connectivity index (χ0) is 13.1. The quantitative estimate of drug-likeness (QED) is 0.769. The van der Waals surface area contributed by atoms with Crippen LogP contribution in [0.4, 0.5) is 4.79 Å². The van der Waals surface area contributed by atoms with Gasteiger partial charge in [0, 0.05) is 17.6 Å². The first-order chi connectivity index (χ1) is 7.84. The zero-order valence-electron chi connectivity index (χ0n) is 10.5. The molecule has 0 saturated carbocycles. The fourth-order valence-corrected chi connectivity index (χ4v) is 1.00. The van der Waals surface area contributed by atoms with Crippen LogP contribution in [-0.2, 0) is 13.2 Å². The van der Waals surface area contributed by atoms with Gasteiger partial charge in [-0.05, 0) is 11.1 Å². The van der Waals surface area contributed by atoms with Crippen molar-refractivity contribution in [3.05, 3.63) is 35.4 Å². The van der Waals surface area contributed by atoms with Crippen LogP contribution in [0.3, 0.4) is 0 Å². The molecular formula is C10H13NO3. The second-order valence-electron chi connectivity index (χ2n) is 2.84. The van der Waals surface area contributed by atoms with Gasteiger partial charge in [-0.1, -0.05) is 24.3 Å². The van der Waals surface area contributed by atoms with Crippen LogP contribution in [0, 0.1) is 0 Å². The first-order valence-corrected chi connectivity index (χ1v) is 4.04. The van der Waals surface area contributed by atoms with Crippen molar-refractivity contribution in [2.75, 3.05) is 6.98 Å². The van der Waals surface area contributed by atoms with E-state index < -0.39 is 13.1 Å². The van der Waals surface area contributed by atoms with Gasteiger partial charge in [0.15, 0.2) is 0 Å². The molecule has 14 heavy (non-hydrogen) atoms. The second-order valence-corrected chi connectivity index (χ2v) is 2.84. The van der Waals surface area contributed by atoms with E-state index in [0.29, 0.717) is 16.0 Å². The highest BCUT2D eigenvalue weighted by Crippen LogP contribution is 2.06. The van der Waals surface area contributed by atoms with Crippen LogP contribution in [0.15, 0.2) is 24.3 Å². The molecule has 1 amide bonds. The number of aliphatic hydroxyl groups excluding tert-OH is 1. The number of nitrogens with zero attached hydrogens (tertiary/aromatic N) is 1. The van der Waals surface area contributed by atoms with Crippen LogP contribution < -0.4 is 0 Å². The summed E-state index contributed by atoms with van der Waals surface area (Å²) in [5.74, 6) is 0. The van der Waals surface area contributed by atoms with Gasteiger partial charge in [-0.25, -0.2) is 4.79 Å². The van der Waals surface area contributed by atoms with Gasteiger partial charge in [0.2, 0.25) is 0 Å². The normalized spacial score (nSPS) is 13.9. The molecule has 0 heterocycles. The highest BCUT2D eigenvalue weighted by atomic mass is 16.4. The Morgan fingerprint density at radius 1 is 1.43 bits per heavy atom. The van der Waals surface area contributed by atoms with Gasteiger partial charge in [0.25, 0.3) is 0 Å². The van der Waals surface area contributed by atoms with Gasteiger partial charge in [0.1, 0.15) is 0 Å². The topological polar surface area (TPSA) is 60.8 Å². The Bertz CT molecular complexity index is 389. The van der Waals surface area contributed by atoms with Crippen molar-refractivity contribution in [3.8, 4) is 0 Å². The molecule has 0 aliphatic carbocycles. The lowest BCUT2D eigenvalue weighted by atomic mass is 10.1. The van der Waals surface area contributed by atoms with E-state index >= 15 is 0 Å². The molecule has 1 aromatic rings. The van der Waals surface area contributed by atoms with Gasteiger partial charge >= 0.3 is 6.09 Å². The standard InChI is InChI=1S/C10H13NO3/c1-11(10(13)14)6-8-2-4-9(7-12)5-3-8/h2-5,12H,6-7H2,1H3,(H,13,14)/i1D3. The van der Waals surface area contributed by atoms with E-state index in [1.165, 1.54) is 0 Å². The molecule has 0 unspecified atom stereocenters. The van der Waals surface area contributed by atoms with Crippen LogP contribution in [-0.4, -0.2) is 28.2 Å². The molecule has 1 rings (SSSR count). The lowest BCUT2D eigenvalue weighted by Crippen LogP contribution is -2.23. The highest BCUT2D eigenvalue weighted by molar-refractivity contribution is 5.64. The monoisotopic (exact) mass is 198 g/mol. The summed E-state index contributed by atoms with van der Waals surface area (Å²) in [5.41, 5.74) is 1.24. The molecule has 0 fully saturated rings. The number of hydrogen-bond acceptors (Lipinski definition) is 2. The van der Waals surface area contributed by atoms with Crippen LogP contribution in [0.1, 0.15) is 15.2 Å². The first-order valence-electron chi connectivity index (χ1n) is 5.54. The largest absolute Gasteiger partial charge is 0.465 e. The minimum Gasteiger partial charge on any atom is -0.465 e. The first kappa shape index (κ1) is 6.84. The van der Waals surface area contributed by atoms with Crippen molar-refractivity contribution in [3.63, 3.8) is 0 Å². The highest BCUT2D eigenvalue weighted by Gasteiger charge is 2.05. The smallest absolute Gasteiger partial charge is 0.407 e. The summed E-state index contributed by atoms with van der Waals surface area (Å²) in [6, 6.07) is 6.42. The predicted molar refractivity (Wildman–Crippen MR) is 51.9 cm³/mol. The number of carbonyl (C=O) groups is 1. The van der Waals surface area contributed by atoms with E-state index in [1.54, 1.807) is 24.3 Å². The third kappa shape index (κ3) is 2.74. The van der Waals surface area contributed by atoms with E-state index in [1.807, 2.05) is 0 Å². The van der Waals surface area contributed by atoms with Gasteiger partial charge < -0.3 is 15.1 Å². The second kappa shape index (κ2) is 4.62. The van der Waals surface area contributed by atoms with Gasteiger partial charge in [-0.3, -0.25) is 0 Å². The van der Waals surface area contributed by atoms with Crippen LogP contribution >= 0.6 is 0 Å². The fourth-order valence-electron chi connectivity index (χ4n) is 1.00. The molecule has 0 aliphatic rings. The molecule has 0 spiro atoms. The summed E-state index contributed by atoms with van der Waals surface area (Å²) in [6.45, 7) is -3.00. The molecule has 0 aliphatic heterocycles. The maximum Gasteiger partial charge on any atom is 0.407 e. The van der Waals surface area contributed by atoms with E-state index in [4.69, 9.17) is 14.3 Å². The van der Waals surface area contributed by atoms with Crippen LogP contribution in [0.5, 0.6) is 0 Å². The number of aliphatic hydroxyl groups is 1. The van der Waals surface area contributed by atoms with Crippen LogP contribution in [0.2, 0.25) is 0 Å². The van der Waals surface area contributed by atoms with E-state index in [-0.39, 0.29) is 13.2 Å². The maximum atomic E-state index is 10.8. The predicted octanol–water partition coefficient (Wildman–Crippen LogP) is 1.29. The summed E-state index contributed by atoms with van der Waals surface area (Å²) < 4.78 is 21.3. The average molecular weight is 198 g/mol. The third-order valence-electron chi connectivity index (χ3n) is 1.78. The summed E-state index contributed by atoms with van der Waals surface area (Å²) >= 11 is 0. The van der Waals surface area contributed by atoms with Crippen molar-refractivity contribution in [2.45, 2.75) is 13.2 Å². The minimum atomic E-state index is -2.68. The molecule has 0 saturated heterocycles. The SMILES string of the molecule is [2H]C([2H])([2H])N(Cc1ccc(CO)cc1)C(=O)O. The molecule has 0 bridgehead atoms.